The van der Waals surface area contributed by atoms with Crippen LogP contribution >= 0.6 is 23.2 Å². The van der Waals surface area contributed by atoms with Crippen LogP contribution < -0.4 is 10.5 Å². The maximum atomic E-state index is 5.96. The Morgan fingerprint density at radius 3 is 2.75 bits per heavy atom. The number of nitrogen functional groups attached to an aromatic ring is 1. The summed E-state index contributed by atoms with van der Waals surface area (Å²) >= 11 is 11.8. The number of halogens is 2. The van der Waals surface area contributed by atoms with E-state index in [0.717, 1.165) is 22.2 Å². The van der Waals surface area contributed by atoms with Crippen LogP contribution in [-0.2, 0) is 6.61 Å². The van der Waals surface area contributed by atoms with E-state index in [1.165, 1.54) is 0 Å². The molecule has 0 aliphatic rings. The number of hydrogen-bond donors (Lipinski definition) is 2. The molecule has 3 aromatic rings. The average Bonchev–Trinajstić information content (AvgIpc) is 2.81. The highest BCUT2D eigenvalue weighted by Crippen LogP contribution is 2.25. The monoisotopic (exact) mass is 307 g/mol. The lowest BCUT2D eigenvalue weighted by Crippen LogP contribution is -1.95. The fourth-order valence-electron chi connectivity index (χ4n) is 1.91. The minimum atomic E-state index is 0.409. The number of nitrogens with zero attached hydrogens (tertiary/aromatic N) is 1. The highest BCUT2D eigenvalue weighted by atomic mass is 35.5. The topological polar surface area (TPSA) is 63.9 Å². The number of aromatic nitrogens is 2. The summed E-state index contributed by atoms with van der Waals surface area (Å²) in [5, 5.41) is 8.72. The van der Waals surface area contributed by atoms with Gasteiger partial charge in [-0.25, -0.2) is 0 Å². The summed E-state index contributed by atoms with van der Waals surface area (Å²) in [6.45, 7) is 0.409. The number of hydrogen-bond acceptors (Lipinski definition) is 3. The zero-order valence-corrected chi connectivity index (χ0v) is 11.9. The van der Waals surface area contributed by atoms with Gasteiger partial charge in [0.2, 0.25) is 0 Å². The second-order valence-electron chi connectivity index (χ2n) is 4.35. The number of fused-ring (bicyclic) bond motifs is 1. The van der Waals surface area contributed by atoms with Crippen molar-refractivity contribution in [3.8, 4) is 5.75 Å². The van der Waals surface area contributed by atoms with Crippen molar-refractivity contribution in [3.05, 3.63) is 52.0 Å². The van der Waals surface area contributed by atoms with Gasteiger partial charge in [-0.3, -0.25) is 5.10 Å². The molecule has 3 N–H and O–H groups in total. The van der Waals surface area contributed by atoms with Gasteiger partial charge in [-0.2, -0.15) is 5.10 Å². The Morgan fingerprint density at radius 1 is 1.10 bits per heavy atom. The van der Waals surface area contributed by atoms with E-state index in [2.05, 4.69) is 10.2 Å². The first-order valence-corrected chi connectivity index (χ1v) is 6.69. The second-order valence-corrected chi connectivity index (χ2v) is 5.17. The third-order valence-electron chi connectivity index (χ3n) is 2.95. The van der Waals surface area contributed by atoms with Crippen LogP contribution in [0.3, 0.4) is 0 Å². The van der Waals surface area contributed by atoms with E-state index in [-0.39, 0.29) is 0 Å². The van der Waals surface area contributed by atoms with Gasteiger partial charge in [-0.1, -0.05) is 29.3 Å². The molecule has 1 heterocycles. The third kappa shape index (κ3) is 2.53. The van der Waals surface area contributed by atoms with Gasteiger partial charge in [-0.05, 0) is 29.8 Å². The van der Waals surface area contributed by atoms with Gasteiger partial charge in [0, 0.05) is 11.5 Å². The smallest absolute Gasteiger partial charge is 0.153 e. The van der Waals surface area contributed by atoms with Crippen molar-refractivity contribution in [2.75, 3.05) is 5.73 Å². The molecule has 2 aromatic carbocycles. The SMILES string of the molecule is Nc1n[nH]c2cc(OCc3ccc(Cl)c(Cl)c3)ccc12. The quantitative estimate of drug-likeness (QED) is 0.768. The molecule has 3 rings (SSSR count). The normalized spacial score (nSPS) is 10.9. The number of benzene rings is 2. The highest BCUT2D eigenvalue weighted by molar-refractivity contribution is 6.42. The van der Waals surface area contributed by atoms with Crippen LogP contribution in [0, 0.1) is 0 Å². The van der Waals surface area contributed by atoms with Crippen LogP contribution in [0.25, 0.3) is 10.9 Å². The van der Waals surface area contributed by atoms with E-state index in [4.69, 9.17) is 33.7 Å². The molecular formula is C14H11Cl2N3O. The Hall–Kier alpha value is -1.91. The lowest BCUT2D eigenvalue weighted by Gasteiger charge is -2.07. The highest BCUT2D eigenvalue weighted by Gasteiger charge is 2.04. The molecule has 0 atom stereocenters. The van der Waals surface area contributed by atoms with Gasteiger partial charge >= 0.3 is 0 Å². The summed E-state index contributed by atoms with van der Waals surface area (Å²) in [6, 6.07) is 11.0. The molecule has 102 valence electrons. The van der Waals surface area contributed by atoms with E-state index in [0.29, 0.717) is 22.5 Å². The fraction of sp³-hybridized carbons (Fsp3) is 0.0714. The summed E-state index contributed by atoms with van der Waals surface area (Å²) in [4.78, 5) is 0. The Balaban J connectivity index is 1.77. The van der Waals surface area contributed by atoms with Gasteiger partial charge in [0.25, 0.3) is 0 Å². The van der Waals surface area contributed by atoms with Crippen LogP contribution in [0.15, 0.2) is 36.4 Å². The predicted octanol–water partition coefficient (Wildman–Crippen LogP) is 4.03. The molecule has 20 heavy (non-hydrogen) atoms. The largest absolute Gasteiger partial charge is 0.489 e. The maximum Gasteiger partial charge on any atom is 0.153 e. The van der Waals surface area contributed by atoms with Gasteiger partial charge < -0.3 is 10.5 Å². The van der Waals surface area contributed by atoms with Gasteiger partial charge in [-0.15, -0.1) is 0 Å². The molecule has 0 saturated carbocycles. The predicted molar refractivity (Wildman–Crippen MR) is 81.3 cm³/mol. The molecule has 0 spiro atoms. The number of anilines is 1. The minimum Gasteiger partial charge on any atom is -0.489 e. The van der Waals surface area contributed by atoms with Crippen LogP contribution in [-0.4, -0.2) is 10.2 Å². The molecule has 0 radical (unpaired) electrons. The number of aromatic amines is 1. The molecule has 1 aromatic heterocycles. The lowest BCUT2D eigenvalue weighted by atomic mass is 10.2. The summed E-state index contributed by atoms with van der Waals surface area (Å²) in [6.07, 6.45) is 0. The number of ether oxygens (including phenoxy) is 1. The van der Waals surface area contributed by atoms with E-state index in [1.807, 2.05) is 24.3 Å². The summed E-state index contributed by atoms with van der Waals surface area (Å²) in [5.41, 5.74) is 7.50. The number of nitrogens with two attached hydrogens (primary N) is 1. The van der Waals surface area contributed by atoms with Crippen molar-refractivity contribution in [2.45, 2.75) is 6.61 Å². The van der Waals surface area contributed by atoms with Gasteiger partial charge in [0.1, 0.15) is 12.4 Å². The molecule has 0 unspecified atom stereocenters. The summed E-state index contributed by atoms with van der Waals surface area (Å²) in [5.74, 6) is 1.21. The Labute approximate surface area is 125 Å². The molecule has 0 saturated heterocycles. The van der Waals surface area contributed by atoms with Crippen molar-refractivity contribution in [3.63, 3.8) is 0 Å². The van der Waals surface area contributed by atoms with Crippen molar-refractivity contribution >= 4 is 39.9 Å². The Morgan fingerprint density at radius 2 is 1.95 bits per heavy atom. The minimum absolute atomic E-state index is 0.409. The first-order valence-electron chi connectivity index (χ1n) is 5.94. The Kier molecular flexibility index (Phi) is 3.42. The third-order valence-corrected chi connectivity index (χ3v) is 3.69. The van der Waals surface area contributed by atoms with Crippen molar-refractivity contribution < 1.29 is 4.74 Å². The van der Waals surface area contributed by atoms with E-state index >= 15 is 0 Å². The zero-order chi connectivity index (χ0) is 14.1. The van der Waals surface area contributed by atoms with Crippen molar-refractivity contribution in [1.82, 2.24) is 10.2 Å². The molecule has 0 aliphatic heterocycles. The van der Waals surface area contributed by atoms with Gasteiger partial charge in [0.05, 0.1) is 15.6 Å². The lowest BCUT2D eigenvalue weighted by molar-refractivity contribution is 0.306. The van der Waals surface area contributed by atoms with E-state index in [9.17, 15) is 0 Å². The van der Waals surface area contributed by atoms with E-state index in [1.54, 1.807) is 12.1 Å². The molecule has 6 heteroatoms. The first-order chi connectivity index (χ1) is 9.63. The van der Waals surface area contributed by atoms with E-state index < -0.39 is 0 Å². The Bertz CT molecular complexity index is 770. The van der Waals surface area contributed by atoms with Crippen LogP contribution in [0.2, 0.25) is 10.0 Å². The maximum absolute atomic E-state index is 5.96. The summed E-state index contributed by atoms with van der Waals surface area (Å²) in [7, 11) is 0. The number of H-pyrrole nitrogens is 1. The standard InChI is InChI=1S/C14H11Cl2N3O/c15-11-4-1-8(5-12(11)16)7-20-9-2-3-10-13(6-9)18-19-14(10)17/h1-6H,7H2,(H3,17,18,19). The summed E-state index contributed by atoms with van der Waals surface area (Å²) < 4.78 is 5.71. The molecule has 0 bridgehead atoms. The molecule has 0 fully saturated rings. The van der Waals surface area contributed by atoms with Crippen LogP contribution in [0.4, 0.5) is 5.82 Å². The zero-order valence-electron chi connectivity index (χ0n) is 10.4. The van der Waals surface area contributed by atoms with Crippen LogP contribution in [0.5, 0.6) is 5.75 Å². The first kappa shape index (κ1) is 13.1. The molecule has 0 aliphatic carbocycles. The van der Waals surface area contributed by atoms with Crippen molar-refractivity contribution in [2.24, 2.45) is 0 Å². The fourth-order valence-corrected chi connectivity index (χ4v) is 2.23. The average molecular weight is 308 g/mol. The van der Waals surface area contributed by atoms with Crippen LogP contribution in [0.1, 0.15) is 5.56 Å². The molecular weight excluding hydrogens is 297 g/mol. The molecule has 4 nitrogen and oxygen atoms in total. The number of rotatable bonds is 3. The van der Waals surface area contributed by atoms with Crippen molar-refractivity contribution in [1.29, 1.82) is 0 Å². The van der Waals surface area contributed by atoms with Gasteiger partial charge in [0.15, 0.2) is 5.82 Å². The number of nitrogens with one attached hydrogen (secondary N) is 1. The molecule has 0 amide bonds. The second kappa shape index (κ2) is 5.23.